The molecule has 0 radical (unpaired) electrons. The zero-order chi connectivity index (χ0) is 22.3. The lowest BCUT2D eigenvalue weighted by Gasteiger charge is -2.31. The Kier molecular flexibility index (Phi) is 6.11. The molecule has 1 aromatic heterocycles. The highest BCUT2D eigenvalue weighted by atomic mass is 32.2. The lowest BCUT2D eigenvalue weighted by atomic mass is 9.97. The Morgan fingerprint density at radius 3 is 2.27 bits per heavy atom. The minimum atomic E-state index is -3.54. The van der Waals surface area contributed by atoms with Gasteiger partial charge in [0, 0.05) is 25.1 Å². The molecule has 0 saturated carbocycles. The van der Waals surface area contributed by atoms with Gasteiger partial charge in [-0.2, -0.15) is 9.40 Å². The number of piperidine rings is 1. The maximum atomic E-state index is 13.0. The first kappa shape index (κ1) is 22.5. The predicted molar refractivity (Wildman–Crippen MR) is 118 cm³/mol. The number of hydrogen-bond acceptors (Lipinski definition) is 4. The Morgan fingerprint density at radius 2 is 1.70 bits per heavy atom. The molecule has 1 N–H and O–H groups in total. The average molecular weight is 433 g/mol. The van der Waals surface area contributed by atoms with Crippen molar-refractivity contribution >= 4 is 21.7 Å². The summed E-state index contributed by atoms with van der Waals surface area (Å²) in [6, 6.07) is 7.08. The van der Waals surface area contributed by atoms with Gasteiger partial charge in [-0.3, -0.25) is 4.79 Å². The van der Waals surface area contributed by atoms with E-state index in [0.717, 1.165) is 16.8 Å². The summed E-state index contributed by atoms with van der Waals surface area (Å²) in [5, 5.41) is 7.49. The van der Waals surface area contributed by atoms with Gasteiger partial charge in [0.25, 0.3) is 0 Å². The number of carbonyl (C=O) groups is 1. The first-order valence-electron chi connectivity index (χ1n) is 10.3. The average Bonchev–Trinajstić information content (AvgIpc) is 3.04. The van der Waals surface area contributed by atoms with Crippen molar-refractivity contribution < 1.29 is 13.2 Å². The quantitative estimate of drug-likeness (QED) is 0.800. The van der Waals surface area contributed by atoms with Crippen molar-refractivity contribution in [1.29, 1.82) is 0 Å². The van der Waals surface area contributed by atoms with Crippen molar-refractivity contribution in [2.75, 3.05) is 18.4 Å². The third-order valence-corrected chi connectivity index (χ3v) is 7.55. The van der Waals surface area contributed by atoms with Crippen molar-refractivity contribution in [2.45, 2.75) is 64.8 Å². The molecule has 1 saturated heterocycles. The number of rotatable bonds is 4. The zero-order valence-corrected chi connectivity index (χ0v) is 19.5. The van der Waals surface area contributed by atoms with Crippen LogP contribution in [-0.4, -0.2) is 41.5 Å². The van der Waals surface area contributed by atoms with Crippen LogP contribution in [0.1, 0.15) is 50.4 Å². The van der Waals surface area contributed by atoms with E-state index in [1.54, 1.807) is 12.1 Å². The Hall–Kier alpha value is -2.19. The second-order valence-corrected chi connectivity index (χ2v) is 11.1. The standard InChI is InChI=1S/C22H32N4O3S/c1-15-7-8-19(13-16(15)2)30(28,29)25-11-9-18(10-12-25)21(27)23-20-14-17(3)24-26(20)22(4,5)6/h7-8,13-14,18H,9-12H2,1-6H3,(H,23,27). The van der Waals surface area contributed by atoms with Gasteiger partial charge in [-0.1, -0.05) is 6.07 Å². The fourth-order valence-electron chi connectivity index (χ4n) is 3.71. The van der Waals surface area contributed by atoms with E-state index in [-0.39, 0.29) is 17.4 Å². The Balaban J connectivity index is 1.67. The summed E-state index contributed by atoms with van der Waals surface area (Å²) >= 11 is 0. The highest BCUT2D eigenvalue weighted by Crippen LogP contribution is 2.27. The van der Waals surface area contributed by atoms with E-state index < -0.39 is 10.0 Å². The maximum Gasteiger partial charge on any atom is 0.243 e. The molecule has 1 aromatic carbocycles. The Bertz CT molecular complexity index is 1040. The number of amides is 1. The topological polar surface area (TPSA) is 84.3 Å². The number of sulfonamides is 1. The zero-order valence-electron chi connectivity index (χ0n) is 18.7. The molecule has 3 rings (SSSR count). The maximum absolute atomic E-state index is 13.0. The van der Waals surface area contributed by atoms with Crippen LogP contribution >= 0.6 is 0 Å². The van der Waals surface area contributed by atoms with Crippen LogP contribution in [0.4, 0.5) is 5.82 Å². The molecule has 2 heterocycles. The van der Waals surface area contributed by atoms with Gasteiger partial charge in [-0.05, 0) is 77.6 Å². The van der Waals surface area contributed by atoms with Crippen molar-refractivity contribution in [3.05, 3.63) is 41.1 Å². The van der Waals surface area contributed by atoms with Gasteiger partial charge in [0.2, 0.25) is 15.9 Å². The van der Waals surface area contributed by atoms with Gasteiger partial charge in [0.1, 0.15) is 5.82 Å². The summed E-state index contributed by atoms with van der Waals surface area (Å²) in [6.07, 6.45) is 0.997. The molecule has 1 fully saturated rings. The van der Waals surface area contributed by atoms with E-state index in [2.05, 4.69) is 10.4 Å². The highest BCUT2D eigenvalue weighted by Gasteiger charge is 2.33. The number of benzene rings is 1. The summed E-state index contributed by atoms with van der Waals surface area (Å²) in [5.41, 5.74) is 2.61. The molecule has 0 aliphatic carbocycles. The fourth-order valence-corrected chi connectivity index (χ4v) is 5.27. The van der Waals surface area contributed by atoms with Crippen LogP contribution in [0.25, 0.3) is 0 Å². The molecular weight excluding hydrogens is 400 g/mol. The van der Waals surface area contributed by atoms with E-state index >= 15 is 0 Å². The lowest BCUT2D eigenvalue weighted by Crippen LogP contribution is -2.41. The summed E-state index contributed by atoms with van der Waals surface area (Å²) < 4.78 is 29.3. The van der Waals surface area contributed by atoms with Crippen LogP contribution in [0, 0.1) is 26.7 Å². The van der Waals surface area contributed by atoms with Crippen LogP contribution in [-0.2, 0) is 20.4 Å². The van der Waals surface area contributed by atoms with Crippen molar-refractivity contribution in [3.8, 4) is 0 Å². The fraction of sp³-hybridized carbons (Fsp3) is 0.545. The van der Waals surface area contributed by atoms with Gasteiger partial charge >= 0.3 is 0 Å². The third kappa shape index (κ3) is 4.59. The molecule has 8 heteroatoms. The molecule has 0 spiro atoms. The number of nitrogens with one attached hydrogen (secondary N) is 1. The van der Waals surface area contributed by atoms with Crippen LogP contribution < -0.4 is 5.32 Å². The number of anilines is 1. The molecule has 0 bridgehead atoms. The number of aryl methyl sites for hydroxylation is 3. The second-order valence-electron chi connectivity index (χ2n) is 9.17. The van der Waals surface area contributed by atoms with Crippen molar-refractivity contribution in [1.82, 2.24) is 14.1 Å². The molecule has 7 nitrogen and oxygen atoms in total. The van der Waals surface area contributed by atoms with Gasteiger partial charge in [-0.25, -0.2) is 13.1 Å². The van der Waals surface area contributed by atoms with E-state index in [0.29, 0.717) is 36.6 Å². The third-order valence-electron chi connectivity index (χ3n) is 5.66. The lowest BCUT2D eigenvalue weighted by molar-refractivity contribution is -0.121. The van der Waals surface area contributed by atoms with Gasteiger partial charge in [0.15, 0.2) is 0 Å². The molecule has 1 amide bonds. The number of nitrogens with zero attached hydrogens (tertiary/aromatic N) is 3. The smallest absolute Gasteiger partial charge is 0.243 e. The SMILES string of the molecule is Cc1cc(NC(=O)C2CCN(S(=O)(=O)c3ccc(C)c(C)c3)CC2)n(C(C)(C)C)n1. The minimum Gasteiger partial charge on any atom is -0.311 e. The first-order chi connectivity index (χ1) is 13.9. The van der Waals surface area contributed by atoms with Crippen LogP contribution in [0.15, 0.2) is 29.2 Å². The number of aromatic nitrogens is 2. The summed E-state index contributed by atoms with van der Waals surface area (Å²) in [7, 11) is -3.54. The second kappa shape index (κ2) is 8.15. The van der Waals surface area contributed by atoms with E-state index in [1.165, 1.54) is 4.31 Å². The molecule has 1 aliphatic rings. The first-order valence-corrected chi connectivity index (χ1v) is 11.8. The molecular formula is C22H32N4O3S. The van der Waals surface area contributed by atoms with E-state index in [1.807, 2.05) is 58.4 Å². The molecule has 164 valence electrons. The van der Waals surface area contributed by atoms with Gasteiger partial charge in [-0.15, -0.1) is 0 Å². The van der Waals surface area contributed by atoms with Gasteiger partial charge in [0.05, 0.1) is 16.1 Å². The van der Waals surface area contributed by atoms with E-state index in [9.17, 15) is 13.2 Å². The van der Waals surface area contributed by atoms with Crippen molar-refractivity contribution in [3.63, 3.8) is 0 Å². The molecule has 30 heavy (non-hydrogen) atoms. The van der Waals surface area contributed by atoms with Crippen LogP contribution in [0.5, 0.6) is 0 Å². The summed E-state index contributed by atoms with van der Waals surface area (Å²) in [4.78, 5) is 13.2. The molecule has 0 unspecified atom stereocenters. The van der Waals surface area contributed by atoms with Crippen molar-refractivity contribution in [2.24, 2.45) is 5.92 Å². The van der Waals surface area contributed by atoms with Crippen LogP contribution in [0.2, 0.25) is 0 Å². The van der Waals surface area contributed by atoms with Gasteiger partial charge < -0.3 is 5.32 Å². The minimum absolute atomic E-state index is 0.0800. The molecule has 2 aromatic rings. The Morgan fingerprint density at radius 1 is 1.07 bits per heavy atom. The number of carbonyl (C=O) groups excluding carboxylic acids is 1. The van der Waals surface area contributed by atoms with E-state index in [4.69, 9.17) is 0 Å². The highest BCUT2D eigenvalue weighted by molar-refractivity contribution is 7.89. The predicted octanol–water partition coefficient (Wildman–Crippen LogP) is 3.60. The summed E-state index contributed by atoms with van der Waals surface area (Å²) in [6.45, 7) is 12.5. The monoisotopic (exact) mass is 432 g/mol. The van der Waals surface area contributed by atoms with Crippen LogP contribution in [0.3, 0.4) is 0 Å². The Labute approximate surface area is 179 Å². The largest absolute Gasteiger partial charge is 0.311 e. The normalized spacial score (nSPS) is 16.6. The molecule has 1 aliphatic heterocycles. The molecule has 0 atom stereocenters. The number of hydrogen-bond donors (Lipinski definition) is 1. The summed E-state index contributed by atoms with van der Waals surface area (Å²) in [5.74, 6) is 0.374.